The zero-order chi connectivity index (χ0) is 12.9. The first-order valence-corrected chi connectivity index (χ1v) is 5.78. The summed E-state index contributed by atoms with van der Waals surface area (Å²) in [6.07, 6.45) is 0. The van der Waals surface area contributed by atoms with Crippen molar-refractivity contribution >= 4 is 22.9 Å². The predicted octanol–water partition coefficient (Wildman–Crippen LogP) is 1.13. The van der Waals surface area contributed by atoms with Crippen LogP contribution in [0.5, 0.6) is 5.75 Å². The highest BCUT2D eigenvalue weighted by Gasteiger charge is 2.24. The molecule has 0 bridgehead atoms. The van der Waals surface area contributed by atoms with Gasteiger partial charge in [-0.1, -0.05) is 0 Å². The van der Waals surface area contributed by atoms with E-state index in [9.17, 15) is 4.79 Å². The minimum absolute atomic E-state index is 0.198. The van der Waals surface area contributed by atoms with Crippen molar-refractivity contribution < 1.29 is 9.53 Å². The average molecular weight is 246 g/mol. The number of imidazole rings is 1. The molecule has 1 aromatic heterocycles. The van der Waals surface area contributed by atoms with E-state index >= 15 is 0 Å². The van der Waals surface area contributed by atoms with Gasteiger partial charge in [0.1, 0.15) is 17.9 Å². The fourth-order valence-corrected chi connectivity index (χ4v) is 2.34. The standard InChI is InChI=1S/C12H14N4O2/c1-6-5-18-9-4-7(11(13)17)3-8-10(9)16(6)12(14-2)15-8/h3-4,6H,5H2,1-2H3,(H2,13,17)(H,14,15). The van der Waals surface area contributed by atoms with Gasteiger partial charge < -0.3 is 20.4 Å². The maximum absolute atomic E-state index is 11.3. The van der Waals surface area contributed by atoms with Crippen LogP contribution in [0.3, 0.4) is 0 Å². The van der Waals surface area contributed by atoms with E-state index < -0.39 is 5.91 Å². The van der Waals surface area contributed by atoms with Crippen molar-refractivity contribution in [2.75, 3.05) is 19.0 Å². The lowest BCUT2D eigenvalue weighted by atomic mass is 10.1. The molecule has 0 radical (unpaired) electrons. The number of hydrogen-bond donors (Lipinski definition) is 2. The smallest absolute Gasteiger partial charge is 0.248 e. The highest BCUT2D eigenvalue weighted by atomic mass is 16.5. The molecule has 3 rings (SSSR count). The van der Waals surface area contributed by atoms with Crippen LogP contribution in [-0.2, 0) is 0 Å². The van der Waals surface area contributed by atoms with Crippen LogP contribution in [0, 0.1) is 0 Å². The molecule has 1 aromatic carbocycles. The predicted molar refractivity (Wildman–Crippen MR) is 68.0 cm³/mol. The first-order valence-electron chi connectivity index (χ1n) is 5.78. The molecular weight excluding hydrogens is 232 g/mol. The van der Waals surface area contributed by atoms with Gasteiger partial charge >= 0.3 is 0 Å². The Morgan fingerprint density at radius 3 is 3.06 bits per heavy atom. The molecule has 0 aliphatic carbocycles. The van der Waals surface area contributed by atoms with Crippen molar-refractivity contribution in [1.82, 2.24) is 9.55 Å². The Bertz CT molecular complexity index is 647. The van der Waals surface area contributed by atoms with E-state index in [2.05, 4.69) is 21.8 Å². The summed E-state index contributed by atoms with van der Waals surface area (Å²) in [7, 11) is 1.82. The van der Waals surface area contributed by atoms with Crippen molar-refractivity contribution in [2.45, 2.75) is 13.0 Å². The Hall–Kier alpha value is -2.24. The number of anilines is 1. The van der Waals surface area contributed by atoms with Crippen molar-refractivity contribution in [2.24, 2.45) is 5.73 Å². The first-order chi connectivity index (χ1) is 8.61. The lowest BCUT2D eigenvalue weighted by molar-refractivity contribution is 0.1000. The van der Waals surface area contributed by atoms with Gasteiger partial charge in [0.25, 0.3) is 0 Å². The third kappa shape index (κ3) is 1.35. The number of nitrogens with one attached hydrogen (secondary N) is 1. The molecule has 94 valence electrons. The summed E-state index contributed by atoms with van der Waals surface area (Å²) in [6.45, 7) is 2.61. The number of nitrogens with two attached hydrogens (primary N) is 1. The summed E-state index contributed by atoms with van der Waals surface area (Å²) in [5.41, 5.74) is 7.35. The van der Waals surface area contributed by atoms with Crippen LogP contribution in [0.4, 0.5) is 5.95 Å². The molecule has 6 heteroatoms. The topological polar surface area (TPSA) is 82.2 Å². The Morgan fingerprint density at radius 2 is 2.39 bits per heavy atom. The molecule has 18 heavy (non-hydrogen) atoms. The molecule has 1 atom stereocenters. The summed E-state index contributed by atoms with van der Waals surface area (Å²) in [5, 5.41) is 3.06. The van der Waals surface area contributed by atoms with E-state index in [4.69, 9.17) is 10.5 Å². The monoisotopic (exact) mass is 246 g/mol. The zero-order valence-corrected chi connectivity index (χ0v) is 10.2. The molecule has 2 aromatic rings. The number of ether oxygens (including phenoxy) is 1. The Labute approximate surface area is 104 Å². The average Bonchev–Trinajstić information content (AvgIpc) is 2.73. The van der Waals surface area contributed by atoms with Crippen LogP contribution in [0.2, 0.25) is 0 Å². The third-order valence-corrected chi connectivity index (χ3v) is 3.18. The van der Waals surface area contributed by atoms with Crippen molar-refractivity contribution in [1.29, 1.82) is 0 Å². The number of rotatable bonds is 2. The summed E-state index contributed by atoms with van der Waals surface area (Å²) in [4.78, 5) is 15.7. The molecule has 2 heterocycles. The molecule has 3 N–H and O–H groups in total. The Balaban J connectivity index is 2.36. The second-order valence-corrected chi connectivity index (χ2v) is 4.42. The molecule has 1 amide bonds. The van der Waals surface area contributed by atoms with Gasteiger partial charge in [0.2, 0.25) is 11.9 Å². The number of amides is 1. The van der Waals surface area contributed by atoms with Crippen LogP contribution < -0.4 is 15.8 Å². The first kappa shape index (κ1) is 10.9. The van der Waals surface area contributed by atoms with E-state index in [1.165, 1.54) is 0 Å². The van der Waals surface area contributed by atoms with Crippen LogP contribution in [0.25, 0.3) is 11.0 Å². The number of nitrogens with zero attached hydrogens (tertiary/aromatic N) is 2. The summed E-state index contributed by atoms with van der Waals surface area (Å²) >= 11 is 0. The van der Waals surface area contributed by atoms with Gasteiger partial charge in [-0.15, -0.1) is 0 Å². The number of hydrogen-bond acceptors (Lipinski definition) is 4. The number of carbonyl (C=O) groups is 1. The second-order valence-electron chi connectivity index (χ2n) is 4.42. The lowest BCUT2D eigenvalue weighted by Crippen LogP contribution is -2.21. The third-order valence-electron chi connectivity index (χ3n) is 3.18. The lowest BCUT2D eigenvalue weighted by Gasteiger charge is -2.24. The number of aromatic nitrogens is 2. The van der Waals surface area contributed by atoms with Gasteiger partial charge in [0, 0.05) is 12.6 Å². The Kier molecular flexibility index (Phi) is 2.19. The number of primary amides is 1. The van der Waals surface area contributed by atoms with Crippen molar-refractivity contribution in [3.8, 4) is 5.75 Å². The maximum atomic E-state index is 11.3. The normalized spacial score (nSPS) is 17.6. The molecule has 0 spiro atoms. The quantitative estimate of drug-likeness (QED) is 0.832. The van der Waals surface area contributed by atoms with Crippen molar-refractivity contribution in [3.63, 3.8) is 0 Å². The molecular formula is C12H14N4O2. The molecule has 1 unspecified atom stereocenters. The van der Waals surface area contributed by atoms with Crippen LogP contribution in [0.1, 0.15) is 23.3 Å². The van der Waals surface area contributed by atoms with E-state index in [1.54, 1.807) is 12.1 Å². The molecule has 0 saturated carbocycles. The summed E-state index contributed by atoms with van der Waals surface area (Å²) < 4.78 is 7.74. The second kappa shape index (κ2) is 3.63. The fourth-order valence-electron chi connectivity index (χ4n) is 2.34. The number of carbonyl (C=O) groups excluding carboxylic acids is 1. The Morgan fingerprint density at radius 1 is 1.61 bits per heavy atom. The van der Waals surface area contributed by atoms with Crippen LogP contribution in [0.15, 0.2) is 12.1 Å². The maximum Gasteiger partial charge on any atom is 0.248 e. The minimum atomic E-state index is -0.476. The minimum Gasteiger partial charge on any atom is -0.489 e. The molecule has 0 saturated heterocycles. The summed E-state index contributed by atoms with van der Waals surface area (Å²) in [5.74, 6) is 0.952. The van der Waals surface area contributed by atoms with Gasteiger partial charge in [-0.3, -0.25) is 4.79 Å². The van der Waals surface area contributed by atoms with E-state index in [0.717, 1.165) is 17.0 Å². The van der Waals surface area contributed by atoms with Crippen molar-refractivity contribution in [3.05, 3.63) is 17.7 Å². The van der Waals surface area contributed by atoms with Gasteiger partial charge in [-0.2, -0.15) is 0 Å². The zero-order valence-electron chi connectivity index (χ0n) is 10.2. The van der Waals surface area contributed by atoms with E-state index in [0.29, 0.717) is 17.9 Å². The largest absolute Gasteiger partial charge is 0.489 e. The molecule has 0 fully saturated rings. The van der Waals surface area contributed by atoms with E-state index in [-0.39, 0.29) is 6.04 Å². The van der Waals surface area contributed by atoms with Crippen LogP contribution in [-0.4, -0.2) is 29.1 Å². The molecule has 6 nitrogen and oxygen atoms in total. The van der Waals surface area contributed by atoms with Gasteiger partial charge in [0.15, 0.2) is 0 Å². The summed E-state index contributed by atoms with van der Waals surface area (Å²) in [6, 6.07) is 3.57. The van der Waals surface area contributed by atoms with E-state index in [1.807, 2.05) is 7.05 Å². The highest BCUT2D eigenvalue weighted by molar-refractivity contribution is 5.99. The highest BCUT2D eigenvalue weighted by Crippen LogP contribution is 2.36. The van der Waals surface area contributed by atoms with Gasteiger partial charge in [0.05, 0.1) is 11.6 Å². The van der Waals surface area contributed by atoms with Crippen LogP contribution >= 0.6 is 0 Å². The molecule has 1 aliphatic rings. The fraction of sp³-hybridized carbons (Fsp3) is 0.333. The van der Waals surface area contributed by atoms with Gasteiger partial charge in [-0.25, -0.2) is 4.98 Å². The van der Waals surface area contributed by atoms with Gasteiger partial charge in [-0.05, 0) is 19.1 Å². The molecule has 1 aliphatic heterocycles. The SMILES string of the molecule is CNc1nc2cc(C(N)=O)cc3c2n1C(C)CO3. The number of benzene rings is 1.